The second-order valence-electron chi connectivity index (χ2n) is 7.85. The molecule has 2 heterocycles. The Morgan fingerprint density at radius 1 is 1.15 bits per heavy atom. The summed E-state index contributed by atoms with van der Waals surface area (Å²) in [5.41, 5.74) is 6.31. The number of benzene rings is 2. The topological polar surface area (TPSA) is 120 Å². The molecule has 4 aromatic rings. The summed E-state index contributed by atoms with van der Waals surface area (Å²) in [4.78, 5) is 21.7. The predicted octanol–water partition coefficient (Wildman–Crippen LogP) is 4.49. The third-order valence-corrected chi connectivity index (χ3v) is 7.64. The lowest BCUT2D eigenvalue weighted by Gasteiger charge is -2.16. The monoisotopic (exact) mass is 559 g/mol. The lowest BCUT2D eigenvalue weighted by molar-refractivity contribution is -0.113. The maximum atomic E-state index is 12.7. The van der Waals surface area contributed by atoms with E-state index in [1.54, 1.807) is 6.20 Å². The highest BCUT2D eigenvalue weighted by molar-refractivity contribution is 9.10. The number of hydrogen-bond donors (Lipinski definition) is 2. The summed E-state index contributed by atoms with van der Waals surface area (Å²) in [6.45, 7) is 6.17. The van der Waals surface area contributed by atoms with Crippen LogP contribution in [0.2, 0.25) is 0 Å². The number of imidazole rings is 1. The van der Waals surface area contributed by atoms with Gasteiger partial charge in [0, 0.05) is 10.7 Å². The largest absolute Gasteiger partial charge is 0.324 e. The van der Waals surface area contributed by atoms with E-state index < -0.39 is 10.0 Å². The number of primary sulfonamides is 1. The number of sulfonamides is 1. The number of carbonyl (C=O) groups excluding carboxylic acids is 1. The molecule has 4 rings (SSSR count). The highest BCUT2D eigenvalue weighted by Gasteiger charge is 2.19. The molecule has 176 valence electrons. The summed E-state index contributed by atoms with van der Waals surface area (Å²) in [6, 6.07) is 12.3. The fourth-order valence-corrected chi connectivity index (χ4v) is 5.79. The molecule has 1 amide bonds. The first-order valence-corrected chi connectivity index (χ1v) is 13.5. The SMILES string of the molecule is Cc1cc(C)c(-n2c(SCC(=O)Nc3ccc(S(N)(=O)=O)cc3Br)nc3ncccc32)c(C)c1. The number of amides is 1. The van der Waals surface area contributed by atoms with E-state index in [2.05, 4.69) is 64.1 Å². The molecule has 0 radical (unpaired) electrons. The molecule has 0 atom stereocenters. The number of carbonyl (C=O) groups is 1. The summed E-state index contributed by atoms with van der Waals surface area (Å²) in [5, 5.41) is 8.60. The molecule has 2 aromatic carbocycles. The van der Waals surface area contributed by atoms with Crippen LogP contribution in [0.5, 0.6) is 0 Å². The van der Waals surface area contributed by atoms with E-state index in [4.69, 9.17) is 5.14 Å². The van der Waals surface area contributed by atoms with Crippen LogP contribution in [0.4, 0.5) is 5.69 Å². The molecule has 0 aliphatic carbocycles. The summed E-state index contributed by atoms with van der Waals surface area (Å²) < 4.78 is 25.5. The molecular formula is C23H22BrN5O3S2. The Kier molecular flexibility index (Phi) is 6.81. The van der Waals surface area contributed by atoms with Gasteiger partial charge in [0.15, 0.2) is 10.8 Å². The minimum absolute atomic E-state index is 0.0446. The van der Waals surface area contributed by atoms with Gasteiger partial charge in [-0.15, -0.1) is 0 Å². The van der Waals surface area contributed by atoms with Gasteiger partial charge in [0.1, 0.15) is 0 Å². The van der Waals surface area contributed by atoms with Gasteiger partial charge in [-0.25, -0.2) is 23.5 Å². The molecule has 0 unspecified atom stereocenters. The Hall–Kier alpha value is -2.73. The first-order valence-electron chi connectivity index (χ1n) is 10.2. The summed E-state index contributed by atoms with van der Waals surface area (Å²) in [7, 11) is -3.83. The second-order valence-corrected chi connectivity index (χ2v) is 11.2. The van der Waals surface area contributed by atoms with E-state index >= 15 is 0 Å². The van der Waals surface area contributed by atoms with E-state index in [1.807, 2.05) is 16.7 Å². The van der Waals surface area contributed by atoms with Crippen LogP contribution in [-0.4, -0.2) is 34.6 Å². The third-order valence-electron chi connectivity index (χ3n) is 5.13. The van der Waals surface area contributed by atoms with Crippen LogP contribution in [-0.2, 0) is 14.8 Å². The number of hydrogen-bond acceptors (Lipinski definition) is 6. The Morgan fingerprint density at radius 3 is 2.50 bits per heavy atom. The van der Waals surface area contributed by atoms with E-state index in [1.165, 1.54) is 35.5 Å². The Labute approximate surface area is 210 Å². The fraction of sp³-hybridized carbons (Fsp3) is 0.174. The van der Waals surface area contributed by atoms with Crippen molar-refractivity contribution < 1.29 is 13.2 Å². The average Bonchev–Trinajstić information content (AvgIpc) is 3.10. The van der Waals surface area contributed by atoms with Gasteiger partial charge in [-0.2, -0.15) is 0 Å². The fourth-order valence-electron chi connectivity index (χ4n) is 3.82. The minimum atomic E-state index is -3.83. The van der Waals surface area contributed by atoms with Crippen LogP contribution >= 0.6 is 27.7 Å². The number of pyridine rings is 1. The number of nitrogens with one attached hydrogen (secondary N) is 1. The molecule has 0 aliphatic rings. The minimum Gasteiger partial charge on any atom is -0.324 e. The Morgan fingerprint density at radius 2 is 1.85 bits per heavy atom. The van der Waals surface area contributed by atoms with Crippen LogP contribution in [0, 0.1) is 20.8 Å². The number of aromatic nitrogens is 3. The maximum Gasteiger partial charge on any atom is 0.238 e. The zero-order chi connectivity index (χ0) is 24.6. The number of aryl methyl sites for hydroxylation is 3. The highest BCUT2D eigenvalue weighted by atomic mass is 79.9. The van der Waals surface area contributed by atoms with Crippen molar-refractivity contribution in [1.29, 1.82) is 0 Å². The number of fused-ring (bicyclic) bond motifs is 1. The van der Waals surface area contributed by atoms with Crippen molar-refractivity contribution in [3.63, 3.8) is 0 Å². The van der Waals surface area contributed by atoms with Gasteiger partial charge in [0.05, 0.1) is 27.5 Å². The zero-order valence-corrected chi connectivity index (χ0v) is 21.9. The number of nitrogens with zero attached hydrogens (tertiary/aromatic N) is 3. The zero-order valence-electron chi connectivity index (χ0n) is 18.7. The van der Waals surface area contributed by atoms with Crippen molar-refractivity contribution in [2.75, 3.05) is 11.1 Å². The van der Waals surface area contributed by atoms with Gasteiger partial charge in [0.25, 0.3) is 0 Å². The molecule has 0 bridgehead atoms. The van der Waals surface area contributed by atoms with Crippen molar-refractivity contribution in [2.45, 2.75) is 30.8 Å². The predicted molar refractivity (Wildman–Crippen MR) is 138 cm³/mol. The van der Waals surface area contributed by atoms with Crippen LogP contribution in [0.25, 0.3) is 16.9 Å². The third kappa shape index (κ3) is 5.02. The maximum absolute atomic E-state index is 12.7. The molecule has 0 saturated carbocycles. The van der Waals surface area contributed by atoms with Gasteiger partial charge in [-0.3, -0.25) is 9.36 Å². The van der Waals surface area contributed by atoms with Gasteiger partial charge < -0.3 is 5.32 Å². The van der Waals surface area contributed by atoms with E-state index in [-0.39, 0.29) is 16.6 Å². The van der Waals surface area contributed by atoms with Crippen LogP contribution < -0.4 is 10.5 Å². The molecule has 34 heavy (non-hydrogen) atoms. The van der Waals surface area contributed by atoms with E-state index in [0.29, 0.717) is 21.0 Å². The number of anilines is 1. The Balaban J connectivity index is 1.62. The molecule has 0 spiro atoms. The lowest BCUT2D eigenvalue weighted by atomic mass is 10.0. The Bertz CT molecular complexity index is 1510. The average molecular weight is 560 g/mol. The van der Waals surface area contributed by atoms with Crippen molar-refractivity contribution in [1.82, 2.24) is 14.5 Å². The summed E-state index contributed by atoms with van der Waals surface area (Å²) in [5.74, 6) is -0.172. The highest BCUT2D eigenvalue weighted by Crippen LogP contribution is 2.32. The van der Waals surface area contributed by atoms with Gasteiger partial charge in [-0.1, -0.05) is 29.5 Å². The summed E-state index contributed by atoms with van der Waals surface area (Å²) >= 11 is 4.58. The van der Waals surface area contributed by atoms with Crippen LogP contribution in [0.1, 0.15) is 16.7 Å². The first kappa shape index (κ1) is 24.4. The molecule has 3 N–H and O–H groups in total. The van der Waals surface area contributed by atoms with Crippen molar-refractivity contribution >= 4 is 60.5 Å². The molecule has 0 fully saturated rings. The first-order chi connectivity index (χ1) is 16.0. The molecule has 11 heteroatoms. The van der Waals surface area contributed by atoms with E-state index in [0.717, 1.165) is 22.3 Å². The normalized spacial score (nSPS) is 11.7. The number of thioether (sulfide) groups is 1. The van der Waals surface area contributed by atoms with Crippen LogP contribution in [0.15, 0.2) is 63.2 Å². The molecule has 0 aliphatic heterocycles. The number of nitrogens with two attached hydrogens (primary N) is 1. The van der Waals surface area contributed by atoms with Gasteiger partial charge in [-0.05, 0) is 78.2 Å². The second kappa shape index (κ2) is 9.49. The standard InChI is InChI=1S/C23H22BrN5O3S2/c1-13-9-14(2)21(15(3)10-13)29-19-5-4-8-26-22(19)28-23(29)33-12-20(30)27-18-7-6-16(11-17(18)24)34(25,31)32/h4-11H,12H2,1-3H3,(H,27,30)(H2,25,31,32). The van der Waals surface area contributed by atoms with Gasteiger partial charge in [0.2, 0.25) is 15.9 Å². The van der Waals surface area contributed by atoms with Gasteiger partial charge >= 0.3 is 0 Å². The molecular weight excluding hydrogens is 538 g/mol. The van der Waals surface area contributed by atoms with Crippen LogP contribution in [0.3, 0.4) is 0 Å². The molecule has 8 nitrogen and oxygen atoms in total. The lowest BCUT2D eigenvalue weighted by Crippen LogP contribution is -2.16. The number of rotatable bonds is 6. The van der Waals surface area contributed by atoms with Crippen molar-refractivity contribution in [2.24, 2.45) is 5.14 Å². The quantitative estimate of drug-likeness (QED) is 0.336. The molecule has 0 saturated heterocycles. The smallest absolute Gasteiger partial charge is 0.238 e. The number of halogens is 1. The van der Waals surface area contributed by atoms with Crippen molar-refractivity contribution in [3.8, 4) is 5.69 Å². The van der Waals surface area contributed by atoms with E-state index in [9.17, 15) is 13.2 Å². The summed E-state index contributed by atoms with van der Waals surface area (Å²) in [6.07, 6.45) is 1.69. The molecule has 2 aromatic heterocycles. The van der Waals surface area contributed by atoms with Crippen molar-refractivity contribution in [3.05, 3.63) is 69.8 Å².